The number of nitrogens with zero attached hydrogens (tertiary/aromatic N) is 3. The van der Waals surface area contributed by atoms with E-state index in [0.717, 1.165) is 29.0 Å². The van der Waals surface area contributed by atoms with Crippen molar-refractivity contribution in [2.24, 2.45) is 0 Å². The second kappa shape index (κ2) is 7.78. The molecule has 3 amide bonds. The number of aromatic nitrogens is 2. The highest BCUT2D eigenvalue weighted by Gasteiger charge is 2.36. The Hall–Kier alpha value is -4.13. The number of amides is 3. The van der Waals surface area contributed by atoms with Crippen LogP contribution in [0, 0.1) is 0 Å². The molecule has 2 aromatic carbocycles. The molecule has 2 N–H and O–H groups in total. The van der Waals surface area contributed by atoms with Crippen LogP contribution in [-0.2, 0) is 6.42 Å². The number of para-hydroxylation sites is 1. The fourth-order valence-corrected chi connectivity index (χ4v) is 5.00. The van der Waals surface area contributed by atoms with Crippen molar-refractivity contribution in [1.29, 1.82) is 0 Å². The molecule has 1 saturated heterocycles. The molecule has 7 nitrogen and oxygen atoms in total. The number of carbonyl (C=O) groups is 2. The molecule has 4 heterocycles. The quantitative estimate of drug-likeness (QED) is 0.510. The van der Waals surface area contributed by atoms with Crippen LogP contribution in [0.25, 0.3) is 10.9 Å². The molecule has 2 aliphatic rings. The van der Waals surface area contributed by atoms with Crippen LogP contribution < -0.4 is 10.2 Å². The minimum atomic E-state index is -0.311. The maximum absolute atomic E-state index is 13.8. The van der Waals surface area contributed by atoms with Crippen molar-refractivity contribution < 1.29 is 9.59 Å². The average molecular weight is 438 g/mol. The predicted octanol–water partition coefficient (Wildman–Crippen LogP) is 3.88. The van der Waals surface area contributed by atoms with Crippen molar-refractivity contribution in [1.82, 2.24) is 20.2 Å². The number of carbonyl (C=O) groups excluding carboxylic acids is 2. The summed E-state index contributed by atoms with van der Waals surface area (Å²) in [4.78, 5) is 37.7. The van der Waals surface area contributed by atoms with Crippen LogP contribution in [-0.4, -0.2) is 46.4 Å². The number of pyridine rings is 1. The highest BCUT2D eigenvalue weighted by molar-refractivity contribution is 5.99. The number of benzene rings is 2. The monoisotopic (exact) mass is 437 g/mol. The summed E-state index contributed by atoms with van der Waals surface area (Å²) in [6.07, 6.45) is 2.53. The van der Waals surface area contributed by atoms with E-state index in [1.165, 1.54) is 10.9 Å². The number of anilines is 1. The van der Waals surface area contributed by atoms with E-state index in [-0.39, 0.29) is 18.0 Å². The zero-order valence-corrected chi connectivity index (χ0v) is 18.0. The number of nitrogens with one attached hydrogen (secondary N) is 2. The molecule has 0 aliphatic carbocycles. The molecule has 1 fully saturated rings. The minimum Gasteiger partial charge on any atom is -0.356 e. The Morgan fingerprint density at radius 2 is 1.88 bits per heavy atom. The molecule has 1 unspecified atom stereocenters. The van der Waals surface area contributed by atoms with E-state index in [1.807, 2.05) is 59.5 Å². The van der Waals surface area contributed by atoms with Crippen LogP contribution in [0.1, 0.15) is 33.4 Å². The van der Waals surface area contributed by atoms with E-state index in [1.54, 1.807) is 11.1 Å². The molecule has 0 spiro atoms. The SMILES string of the molecule is O=C1NCCN1c1cccc(C(=O)N2CCc3c([nH]c4ccccc34)C2c2ccccn2)c1. The van der Waals surface area contributed by atoms with Gasteiger partial charge >= 0.3 is 6.03 Å². The molecule has 33 heavy (non-hydrogen) atoms. The van der Waals surface area contributed by atoms with Gasteiger partial charge in [-0.15, -0.1) is 0 Å². The Balaban J connectivity index is 1.42. The number of aromatic amines is 1. The van der Waals surface area contributed by atoms with E-state index < -0.39 is 0 Å². The summed E-state index contributed by atoms with van der Waals surface area (Å²) in [5.41, 5.74) is 5.45. The minimum absolute atomic E-state index is 0.0728. The standard InChI is InChI=1S/C26H23N5O2/c32-25(17-6-5-7-18(16-17)30-15-13-28-26(30)33)31-14-11-20-19-8-1-2-9-21(19)29-23(20)24(31)22-10-3-4-12-27-22/h1-10,12,16,24,29H,11,13-15H2,(H,28,33). The van der Waals surface area contributed by atoms with Gasteiger partial charge in [-0.3, -0.25) is 14.7 Å². The first-order chi connectivity index (χ1) is 16.2. The van der Waals surface area contributed by atoms with Crippen LogP contribution in [0.4, 0.5) is 10.5 Å². The maximum Gasteiger partial charge on any atom is 0.321 e. The van der Waals surface area contributed by atoms with Gasteiger partial charge in [-0.25, -0.2) is 4.79 Å². The third-order valence-corrected chi connectivity index (χ3v) is 6.52. The lowest BCUT2D eigenvalue weighted by atomic mass is 9.94. The first kappa shape index (κ1) is 19.5. The van der Waals surface area contributed by atoms with Crippen LogP contribution >= 0.6 is 0 Å². The van der Waals surface area contributed by atoms with Crippen molar-refractivity contribution in [2.45, 2.75) is 12.5 Å². The van der Waals surface area contributed by atoms with Gasteiger partial charge in [0.15, 0.2) is 0 Å². The molecule has 4 aromatic rings. The van der Waals surface area contributed by atoms with Gasteiger partial charge in [0, 0.05) is 53.7 Å². The molecule has 0 bridgehead atoms. The largest absolute Gasteiger partial charge is 0.356 e. The summed E-state index contributed by atoms with van der Waals surface area (Å²) in [5, 5.41) is 4.01. The van der Waals surface area contributed by atoms with Crippen molar-refractivity contribution in [3.8, 4) is 0 Å². The molecule has 2 aliphatic heterocycles. The number of hydrogen-bond donors (Lipinski definition) is 2. The Kier molecular flexibility index (Phi) is 4.61. The lowest BCUT2D eigenvalue weighted by Gasteiger charge is -2.35. The Morgan fingerprint density at radius 3 is 2.70 bits per heavy atom. The van der Waals surface area contributed by atoms with Gasteiger partial charge in [0.1, 0.15) is 6.04 Å². The summed E-state index contributed by atoms with van der Waals surface area (Å²) in [5.74, 6) is -0.0728. The van der Waals surface area contributed by atoms with Gasteiger partial charge in [-0.1, -0.05) is 30.3 Å². The zero-order chi connectivity index (χ0) is 22.4. The van der Waals surface area contributed by atoms with Crippen LogP contribution in [0.5, 0.6) is 0 Å². The fraction of sp³-hybridized carbons (Fsp3) is 0.192. The lowest BCUT2D eigenvalue weighted by molar-refractivity contribution is 0.0688. The van der Waals surface area contributed by atoms with E-state index >= 15 is 0 Å². The lowest BCUT2D eigenvalue weighted by Crippen LogP contribution is -2.41. The summed E-state index contributed by atoms with van der Waals surface area (Å²) in [6, 6.07) is 20.9. The third kappa shape index (κ3) is 3.24. The van der Waals surface area contributed by atoms with E-state index in [2.05, 4.69) is 27.4 Å². The molecule has 0 radical (unpaired) electrons. The molecular weight excluding hydrogens is 414 g/mol. The number of urea groups is 1. The summed E-state index contributed by atoms with van der Waals surface area (Å²) < 4.78 is 0. The maximum atomic E-state index is 13.8. The topological polar surface area (TPSA) is 81.3 Å². The number of H-pyrrole nitrogens is 1. The normalized spacial score (nSPS) is 17.8. The van der Waals surface area contributed by atoms with Gasteiger partial charge in [0.25, 0.3) is 5.91 Å². The molecule has 1 atom stereocenters. The van der Waals surface area contributed by atoms with E-state index in [0.29, 0.717) is 25.2 Å². The molecule has 164 valence electrons. The first-order valence-electron chi connectivity index (χ1n) is 11.2. The summed E-state index contributed by atoms with van der Waals surface area (Å²) in [7, 11) is 0. The van der Waals surface area contributed by atoms with E-state index in [9.17, 15) is 9.59 Å². The highest BCUT2D eigenvalue weighted by atomic mass is 16.2. The Labute approximate surface area is 191 Å². The Bertz CT molecular complexity index is 1360. The van der Waals surface area contributed by atoms with Gasteiger partial charge in [0.05, 0.1) is 5.69 Å². The van der Waals surface area contributed by atoms with Crippen molar-refractivity contribution in [3.63, 3.8) is 0 Å². The first-order valence-corrected chi connectivity index (χ1v) is 11.2. The molecule has 2 aromatic heterocycles. The third-order valence-electron chi connectivity index (χ3n) is 6.52. The smallest absolute Gasteiger partial charge is 0.321 e. The second-order valence-electron chi connectivity index (χ2n) is 8.40. The van der Waals surface area contributed by atoms with Gasteiger partial charge in [-0.05, 0) is 48.4 Å². The molecular formula is C26H23N5O2. The summed E-state index contributed by atoms with van der Waals surface area (Å²) >= 11 is 0. The molecule has 0 saturated carbocycles. The van der Waals surface area contributed by atoms with Gasteiger partial charge in [0.2, 0.25) is 0 Å². The van der Waals surface area contributed by atoms with Crippen LogP contribution in [0.15, 0.2) is 72.9 Å². The number of hydrogen-bond acceptors (Lipinski definition) is 3. The zero-order valence-electron chi connectivity index (χ0n) is 18.0. The predicted molar refractivity (Wildman–Crippen MR) is 126 cm³/mol. The van der Waals surface area contributed by atoms with Gasteiger partial charge in [-0.2, -0.15) is 0 Å². The van der Waals surface area contributed by atoms with Gasteiger partial charge < -0.3 is 15.2 Å². The van der Waals surface area contributed by atoms with Crippen molar-refractivity contribution in [2.75, 3.05) is 24.5 Å². The van der Waals surface area contributed by atoms with Crippen LogP contribution in [0.3, 0.4) is 0 Å². The van der Waals surface area contributed by atoms with Crippen molar-refractivity contribution >= 4 is 28.5 Å². The fourth-order valence-electron chi connectivity index (χ4n) is 5.00. The molecule has 7 heteroatoms. The second-order valence-corrected chi connectivity index (χ2v) is 8.40. The van der Waals surface area contributed by atoms with Crippen molar-refractivity contribution in [3.05, 3.63) is 95.4 Å². The number of fused-ring (bicyclic) bond motifs is 3. The van der Waals surface area contributed by atoms with Crippen LogP contribution in [0.2, 0.25) is 0 Å². The average Bonchev–Trinajstić information content (AvgIpc) is 3.47. The summed E-state index contributed by atoms with van der Waals surface area (Å²) in [6.45, 7) is 1.78. The highest BCUT2D eigenvalue weighted by Crippen LogP contribution is 2.38. The van der Waals surface area contributed by atoms with E-state index in [4.69, 9.17) is 0 Å². The Morgan fingerprint density at radius 1 is 1.00 bits per heavy atom. The molecule has 6 rings (SSSR count). The number of rotatable bonds is 3.